The van der Waals surface area contributed by atoms with E-state index in [1.54, 1.807) is 6.92 Å². The van der Waals surface area contributed by atoms with Crippen LogP contribution >= 0.6 is 0 Å². The molecule has 2 unspecified atom stereocenters. The summed E-state index contributed by atoms with van der Waals surface area (Å²) < 4.78 is 37.9. The molecule has 108 valence electrons. The summed E-state index contributed by atoms with van der Waals surface area (Å²) in [5, 5.41) is 2.59. The first kappa shape index (κ1) is 14.1. The second-order valence-corrected chi connectivity index (χ2v) is 5.46. The molecule has 0 aromatic carbocycles. The molecule has 1 saturated carbocycles. The first-order valence-electron chi connectivity index (χ1n) is 6.38. The van der Waals surface area contributed by atoms with Crippen molar-refractivity contribution in [3.8, 4) is 0 Å². The number of hydrogen-bond acceptors (Lipinski definition) is 2. The number of carbonyl (C=O) groups excluding carboxylic acids is 2. The van der Waals surface area contributed by atoms with Crippen LogP contribution in [0.5, 0.6) is 0 Å². The van der Waals surface area contributed by atoms with E-state index in [2.05, 4.69) is 5.32 Å². The molecule has 0 radical (unpaired) electrons. The summed E-state index contributed by atoms with van der Waals surface area (Å²) in [6.07, 6.45) is -2.80. The lowest BCUT2D eigenvalue weighted by atomic mass is 9.89. The van der Waals surface area contributed by atoms with E-state index < -0.39 is 36.1 Å². The van der Waals surface area contributed by atoms with Crippen LogP contribution in [0, 0.1) is 5.92 Å². The maximum atomic E-state index is 12.6. The second-order valence-electron chi connectivity index (χ2n) is 5.46. The van der Waals surface area contributed by atoms with Crippen molar-refractivity contribution in [2.45, 2.75) is 50.9 Å². The third-order valence-corrected chi connectivity index (χ3v) is 4.02. The van der Waals surface area contributed by atoms with Gasteiger partial charge in [-0.1, -0.05) is 6.92 Å². The van der Waals surface area contributed by atoms with Crippen molar-refractivity contribution in [2.24, 2.45) is 5.92 Å². The summed E-state index contributed by atoms with van der Waals surface area (Å²) in [6, 6.07) is -0.783. The summed E-state index contributed by atoms with van der Waals surface area (Å²) in [4.78, 5) is 25.0. The fourth-order valence-corrected chi connectivity index (χ4v) is 2.42. The van der Waals surface area contributed by atoms with Gasteiger partial charge in [0.15, 0.2) is 0 Å². The minimum Gasteiger partial charge on any atom is -0.342 e. The Balaban J connectivity index is 2.29. The molecule has 0 spiro atoms. The van der Waals surface area contributed by atoms with Crippen LogP contribution in [0.3, 0.4) is 0 Å². The molecule has 1 N–H and O–H groups in total. The summed E-state index contributed by atoms with van der Waals surface area (Å²) in [5.41, 5.74) is -1.42. The van der Waals surface area contributed by atoms with Gasteiger partial charge in [0.05, 0.1) is 0 Å². The van der Waals surface area contributed by atoms with Crippen molar-refractivity contribution in [3.05, 3.63) is 0 Å². The molecule has 1 aliphatic carbocycles. The molecule has 2 atom stereocenters. The lowest BCUT2D eigenvalue weighted by Crippen LogP contribution is -2.71. The maximum Gasteiger partial charge on any atom is 0.406 e. The molecule has 0 bridgehead atoms. The highest BCUT2D eigenvalue weighted by Gasteiger charge is 2.54. The number of rotatable bonds is 3. The second kappa shape index (κ2) is 4.38. The number of halogens is 3. The van der Waals surface area contributed by atoms with Crippen molar-refractivity contribution in [1.29, 1.82) is 0 Å². The molecule has 7 heteroatoms. The highest BCUT2D eigenvalue weighted by molar-refractivity contribution is 5.99. The average molecular weight is 278 g/mol. The van der Waals surface area contributed by atoms with E-state index in [9.17, 15) is 22.8 Å². The number of amides is 2. The molecule has 1 heterocycles. The Morgan fingerprint density at radius 1 is 1.37 bits per heavy atom. The molecule has 0 aromatic heterocycles. The molecular formula is C12H17F3N2O2. The summed E-state index contributed by atoms with van der Waals surface area (Å²) in [5.74, 6) is -1.10. The van der Waals surface area contributed by atoms with Crippen molar-refractivity contribution < 1.29 is 22.8 Å². The fraction of sp³-hybridized carbons (Fsp3) is 0.833. The Morgan fingerprint density at radius 3 is 2.37 bits per heavy atom. The fourth-order valence-electron chi connectivity index (χ4n) is 2.42. The Hall–Kier alpha value is -1.27. The van der Waals surface area contributed by atoms with Crippen LogP contribution in [0.25, 0.3) is 0 Å². The number of nitrogens with zero attached hydrogens (tertiary/aromatic N) is 1. The van der Waals surface area contributed by atoms with Gasteiger partial charge in [-0.25, -0.2) is 0 Å². The molecule has 2 rings (SSSR count). The number of piperazine rings is 1. The highest BCUT2D eigenvalue weighted by Crippen LogP contribution is 2.38. The van der Waals surface area contributed by atoms with E-state index in [0.29, 0.717) is 4.90 Å². The molecule has 19 heavy (non-hydrogen) atoms. The smallest absolute Gasteiger partial charge is 0.342 e. The van der Waals surface area contributed by atoms with E-state index >= 15 is 0 Å². The quantitative estimate of drug-likeness (QED) is 0.849. The van der Waals surface area contributed by atoms with Gasteiger partial charge in [-0.2, -0.15) is 13.2 Å². The monoisotopic (exact) mass is 278 g/mol. The number of nitrogens with one attached hydrogen (secondary N) is 1. The highest BCUT2D eigenvalue weighted by atomic mass is 19.4. The van der Waals surface area contributed by atoms with E-state index in [-0.39, 0.29) is 12.3 Å². The SMILES string of the molecule is CCC1(C)C(=O)NC(C2CC2)C(=O)N1CC(F)(F)F. The normalized spacial score (nSPS) is 32.5. The Labute approximate surface area is 109 Å². The molecule has 1 saturated heterocycles. The number of alkyl halides is 3. The predicted molar refractivity (Wildman–Crippen MR) is 61.1 cm³/mol. The lowest BCUT2D eigenvalue weighted by Gasteiger charge is -2.46. The largest absolute Gasteiger partial charge is 0.406 e. The van der Waals surface area contributed by atoms with Gasteiger partial charge >= 0.3 is 6.18 Å². The maximum absolute atomic E-state index is 12.6. The molecule has 4 nitrogen and oxygen atoms in total. The topological polar surface area (TPSA) is 49.4 Å². The molecule has 2 aliphatic rings. The molecule has 0 aromatic rings. The Bertz CT molecular complexity index is 406. The summed E-state index contributed by atoms with van der Waals surface area (Å²) >= 11 is 0. The first-order valence-corrected chi connectivity index (χ1v) is 6.38. The molecule has 2 amide bonds. The molecule has 2 fully saturated rings. The van der Waals surface area contributed by atoms with Gasteiger partial charge in [0.2, 0.25) is 11.8 Å². The predicted octanol–water partition coefficient (Wildman–Crippen LogP) is 1.45. The summed E-state index contributed by atoms with van der Waals surface area (Å²) in [6.45, 7) is 1.62. The van der Waals surface area contributed by atoms with Crippen LogP contribution in [0.15, 0.2) is 0 Å². The number of hydrogen-bond donors (Lipinski definition) is 1. The van der Waals surface area contributed by atoms with Gasteiger partial charge in [0.1, 0.15) is 18.1 Å². The van der Waals surface area contributed by atoms with E-state index in [1.165, 1.54) is 6.92 Å². The van der Waals surface area contributed by atoms with Gasteiger partial charge in [-0.05, 0) is 32.1 Å². The van der Waals surface area contributed by atoms with Crippen LogP contribution in [0.4, 0.5) is 13.2 Å². The summed E-state index contributed by atoms with van der Waals surface area (Å²) in [7, 11) is 0. The zero-order valence-corrected chi connectivity index (χ0v) is 10.9. The average Bonchev–Trinajstić information content (AvgIpc) is 3.12. The van der Waals surface area contributed by atoms with E-state index in [0.717, 1.165) is 12.8 Å². The first-order chi connectivity index (χ1) is 8.69. The van der Waals surface area contributed by atoms with E-state index in [4.69, 9.17) is 0 Å². The zero-order chi connectivity index (χ0) is 14.4. The van der Waals surface area contributed by atoms with Gasteiger partial charge in [-0.3, -0.25) is 9.59 Å². The molecular weight excluding hydrogens is 261 g/mol. The van der Waals surface area contributed by atoms with Crippen LogP contribution in [-0.2, 0) is 9.59 Å². The lowest BCUT2D eigenvalue weighted by molar-refractivity contribution is -0.183. The number of carbonyl (C=O) groups is 2. The van der Waals surface area contributed by atoms with Crippen molar-refractivity contribution >= 4 is 11.8 Å². The van der Waals surface area contributed by atoms with Crippen molar-refractivity contribution in [3.63, 3.8) is 0 Å². The van der Waals surface area contributed by atoms with Crippen molar-refractivity contribution in [2.75, 3.05) is 6.54 Å². The van der Waals surface area contributed by atoms with E-state index in [1.807, 2.05) is 0 Å². The van der Waals surface area contributed by atoms with Gasteiger partial charge in [0, 0.05) is 0 Å². The zero-order valence-electron chi connectivity index (χ0n) is 10.9. The van der Waals surface area contributed by atoms with Gasteiger partial charge in [-0.15, -0.1) is 0 Å². The van der Waals surface area contributed by atoms with Gasteiger partial charge < -0.3 is 10.2 Å². The minimum absolute atomic E-state index is 0.00594. The van der Waals surface area contributed by atoms with Crippen LogP contribution < -0.4 is 5.32 Å². The minimum atomic E-state index is -4.50. The van der Waals surface area contributed by atoms with Crippen LogP contribution in [0.2, 0.25) is 0 Å². The third-order valence-electron chi connectivity index (χ3n) is 4.02. The Kier molecular flexibility index (Phi) is 3.26. The van der Waals surface area contributed by atoms with Crippen LogP contribution in [0.1, 0.15) is 33.1 Å². The van der Waals surface area contributed by atoms with Crippen LogP contribution in [-0.4, -0.2) is 41.0 Å². The standard InChI is InChI=1S/C12H17F3N2O2/c1-3-11(2)10(19)16-8(7-4-5-7)9(18)17(11)6-12(13,14)15/h7-8H,3-6H2,1-2H3,(H,16,19). The third kappa shape index (κ3) is 2.55. The van der Waals surface area contributed by atoms with Crippen molar-refractivity contribution in [1.82, 2.24) is 10.2 Å². The Morgan fingerprint density at radius 2 is 1.95 bits per heavy atom. The van der Waals surface area contributed by atoms with Gasteiger partial charge in [0.25, 0.3) is 0 Å². The molecule has 1 aliphatic heterocycles.